The molecule has 1 fully saturated rings. The highest BCUT2D eigenvalue weighted by molar-refractivity contribution is 7.90. The first-order valence-electron chi connectivity index (χ1n) is 13.3. The number of halogens is 1. The third-order valence-electron chi connectivity index (χ3n) is 7.38. The predicted molar refractivity (Wildman–Crippen MR) is 150 cm³/mol. The fourth-order valence-corrected chi connectivity index (χ4v) is 6.56. The zero-order valence-corrected chi connectivity index (χ0v) is 23.8. The third-order valence-corrected chi connectivity index (χ3v) is 9.00. The van der Waals surface area contributed by atoms with E-state index in [2.05, 4.69) is 16.6 Å². The monoisotopic (exact) mass is 571 g/mol. The van der Waals surface area contributed by atoms with Crippen LogP contribution in [0.25, 0.3) is 0 Å². The number of aryl methyl sites for hydroxylation is 2. The molecule has 0 bridgehead atoms. The summed E-state index contributed by atoms with van der Waals surface area (Å²) in [4.78, 5) is 29.4. The number of amides is 1. The summed E-state index contributed by atoms with van der Waals surface area (Å²) in [6, 6.07) is 14.1. The van der Waals surface area contributed by atoms with Crippen molar-refractivity contribution in [2.45, 2.75) is 76.2 Å². The average molecular weight is 572 g/mol. The van der Waals surface area contributed by atoms with Gasteiger partial charge in [-0.2, -0.15) is 0 Å². The van der Waals surface area contributed by atoms with E-state index in [4.69, 9.17) is 11.6 Å². The minimum absolute atomic E-state index is 0.0122. The minimum atomic E-state index is -3.96. The summed E-state index contributed by atoms with van der Waals surface area (Å²) in [6.45, 7) is 4.24. The Morgan fingerprint density at radius 3 is 2.38 bits per heavy atom. The number of nitrogens with zero attached hydrogens (tertiary/aromatic N) is 2. The van der Waals surface area contributed by atoms with Crippen LogP contribution in [-0.2, 0) is 27.8 Å². The molecule has 2 atom stereocenters. The predicted octanol–water partition coefficient (Wildman–Crippen LogP) is 5.71. The molecule has 2 N–H and O–H groups in total. The lowest BCUT2D eigenvalue weighted by Gasteiger charge is -2.31. The summed E-state index contributed by atoms with van der Waals surface area (Å²) in [5.41, 5.74) is 2.75. The molecule has 0 aliphatic heterocycles. The second-order valence-corrected chi connectivity index (χ2v) is 12.2. The van der Waals surface area contributed by atoms with Crippen LogP contribution in [0.5, 0.6) is 0 Å². The first-order chi connectivity index (χ1) is 18.6. The second-order valence-electron chi connectivity index (χ2n) is 10.2. The molecule has 0 radical (unpaired) electrons. The number of carbonyl (C=O) groups is 2. The zero-order chi connectivity index (χ0) is 28.2. The van der Waals surface area contributed by atoms with Gasteiger partial charge in [0.05, 0.1) is 4.90 Å². The molecule has 0 unspecified atom stereocenters. The highest BCUT2D eigenvalue weighted by atomic mass is 35.5. The van der Waals surface area contributed by atoms with Gasteiger partial charge in [-0.15, -0.1) is 0 Å². The average Bonchev–Trinajstić information content (AvgIpc) is 3.22. The number of aromatic carboxylic acids is 1. The summed E-state index contributed by atoms with van der Waals surface area (Å²) in [5.74, 6) is -1.54. The maximum absolute atomic E-state index is 13.2. The van der Waals surface area contributed by atoms with Crippen molar-refractivity contribution in [1.82, 2.24) is 14.3 Å². The summed E-state index contributed by atoms with van der Waals surface area (Å²) < 4.78 is 29.6. The Morgan fingerprint density at radius 2 is 1.74 bits per heavy atom. The van der Waals surface area contributed by atoms with Crippen molar-refractivity contribution in [3.63, 3.8) is 0 Å². The number of carbonyl (C=O) groups excluding carboxylic acids is 1. The van der Waals surface area contributed by atoms with Crippen molar-refractivity contribution in [2.75, 3.05) is 0 Å². The standard InChI is InChI=1S/C29H34ClN3O5S/c1-3-4-9-25-31-27(30)26(29(35)36)33(25)18-20-12-14-21(15-13-20)23-7-5-6-8-24(23)28(34)32-39(37,38)22-16-10-19(2)11-17-22/h10-17,23-24H,3-9,18H2,1-2H3,(H,32,34)(H,35,36)/t23-,24+/m0/s1. The van der Waals surface area contributed by atoms with Crippen molar-refractivity contribution in [3.8, 4) is 0 Å². The van der Waals surface area contributed by atoms with Gasteiger partial charge in [-0.3, -0.25) is 4.79 Å². The topological polar surface area (TPSA) is 118 Å². The molecule has 0 saturated heterocycles. The lowest BCUT2D eigenvalue weighted by atomic mass is 9.75. The van der Waals surface area contributed by atoms with E-state index in [9.17, 15) is 23.1 Å². The van der Waals surface area contributed by atoms with Crippen molar-refractivity contribution < 1.29 is 23.1 Å². The van der Waals surface area contributed by atoms with Crippen molar-refractivity contribution in [1.29, 1.82) is 0 Å². The first kappa shape index (κ1) is 28.8. The largest absolute Gasteiger partial charge is 0.476 e. The molecule has 0 spiro atoms. The second kappa shape index (κ2) is 12.3. The van der Waals surface area contributed by atoms with Gasteiger partial charge in [0.1, 0.15) is 5.82 Å². The van der Waals surface area contributed by atoms with Crippen molar-refractivity contribution in [2.24, 2.45) is 5.92 Å². The van der Waals surface area contributed by atoms with E-state index in [-0.39, 0.29) is 21.7 Å². The molecular formula is C29H34ClN3O5S. The Hall–Kier alpha value is -3.17. The zero-order valence-electron chi connectivity index (χ0n) is 22.2. The van der Waals surface area contributed by atoms with Gasteiger partial charge in [-0.25, -0.2) is 22.9 Å². The molecule has 1 amide bonds. The Kier molecular flexibility index (Phi) is 9.12. The Bertz CT molecular complexity index is 1430. The van der Waals surface area contributed by atoms with Crippen molar-refractivity contribution >= 4 is 33.5 Å². The van der Waals surface area contributed by atoms with E-state index in [0.717, 1.165) is 48.8 Å². The van der Waals surface area contributed by atoms with Crippen LogP contribution in [0.4, 0.5) is 0 Å². The number of nitrogens with one attached hydrogen (secondary N) is 1. The van der Waals surface area contributed by atoms with Crippen LogP contribution < -0.4 is 4.72 Å². The van der Waals surface area contributed by atoms with E-state index < -0.39 is 27.8 Å². The molecule has 1 aliphatic carbocycles. The molecule has 8 nitrogen and oxygen atoms in total. The highest BCUT2D eigenvalue weighted by Gasteiger charge is 2.34. The summed E-state index contributed by atoms with van der Waals surface area (Å²) in [6.07, 6.45) is 5.65. The maximum atomic E-state index is 13.2. The number of benzene rings is 2. The summed E-state index contributed by atoms with van der Waals surface area (Å²) in [7, 11) is -3.96. The SMILES string of the molecule is CCCCc1nc(Cl)c(C(=O)O)n1Cc1ccc([C@@H]2CCCC[C@H]2C(=O)NS(=O)(=O)c2ccc(C)cc2)cc1. The molecule has 1 aromatic heterocycles. The molecule has 1 saturated carbocycles. The number of sulfonamides is 1. The van der Waals surface area contributed by atoms with Gasteiger partial charge in [-0.1, -0.05) is 79.7 Å². The molecular weight excluding hydrogens is 538 g/mol. The Morgan fingerprint density at radius 1 is 1.08 bits per heavy atom. The van der Waals surface area contributed by atoms with E-state index in [1.165, 1.54) is 12.1 Å². The van der Waals surface area contributed by atoms with Gasteiger partial charge in [0, 0.05) is 18.9 Å². The Labute approximate surface area is 234 Å². The quantitative estimate of drug-likeness (QED) is 0.321. The number of unbranched alkanes of at least 4 members (excludes halogenated alkanes) is 1. The van der Waals surface area contributed by atoms with Crippen LogP contribution in [0.2, 0.25) is 5.15 Å². The number of hydrogen-bond acceptors (Lipinski definition) is 5. The van der Waals surface area contributed by atoms with Gasteiger partial charge in [-0.05, 0) is 55.4 Å². The van der Waals surface area contributed by atoms with Crippen LogP contribution in [-0.4, -0.2) is 35.0 Å². The molecule has 1 heterocycles. The van der Waals surface area contributed by atoms with Crippen molar-refractivity contribution in [3.05, 3.63) is 81.9 Å². The fourth-order valence-electron chi connectivity index (χ4n) is 5.25. The minimum Gasteiger partial charge on any atom is -0.476 e. The van der Waals surface area contributed by atoms with Crippen LogP contribution in [0.3, 0.4) is 0 Å². The number of carboxylic acid groups (broad SMARTS) is 1. The number of rotatable bonds is 10. The molecule has 1 aliphatic rings. The van der Waals surface area contributed by atoms with Crippen LogP contribution >= 0.6 is 11.6 Å². The third kappa shape index (κ3) is 6.70. The molecule has 4 rings (SSSR count). The van der Waals surface area contributed by atoms with E-state index in [0.29, 0.717) is 25.2 Å². The van der Waals surface area contributed by atoms with Crippen LogP contribution in [0, 0.1) is 12.8 Å². The molecule has 39 heavy (non-hydrogen) atoms. The fraction of sp³-hybridized carbons (Fsp3) is 0.414. The lowest BCUT2D eigenvalue weighted by molar-refractivity contribution is -0.124. The first-order valence-corrected chi connectivity index (χ1v) is 15.2. The number of hydrogen-bond donors (Lipinski definition) is 2. The molecule has 208 valence electrons. The molecule has 10 heteroatoms. The number of imidazole rings is 1. The molecule has 2 aromatic carbocycles. The Balaban J connectivity index is 1.52. The number of carboxylic acids is 1. The number of aromatic nitrogens is 2. The normalized spacial score (nSPS) is 17.6. The lowest BCUT2D eigenvalue weighted by Crippen LogP contribution is -2.39. The summed E-state index contributed by atoms with van der Waals surface area (Å²) in [5, 5.41) is 9.69. The van der Waals surface area contributed by atoms with Gasteiger partial charge < -0.3 is 9.67 Å². The van der Waals surface area contributed by atoms with Gasteiger partial charge in [0.25, 0.3) is 10.0 Å². The van der Waals surface area contributed by atoms with E-state index in [1.807, 2.05) is 31.2 Å². The highest BCUT2D eigenvalue weighted by Crippen LogP contribution is 2.38. The van der Waals surface area contributed by atoms with E-state index >= 15 is 0 Å². The smallest absolute Gasteiger partial charge is 0.355 e. The maximum Gasteiger partial charge on any atom is 0.355 e. The van der Waals surface area contributed by atoms with Crippen LogP contribution in [0.1, 0.15) is 84.4 Å². The molecule has 3 aromatic rings. The summed E-state index contributed by atoms with van der Waals surface area (Å²) >= 11 is 6.16. The van der Waals surface area contributed by atoms with Crippen LogP contribution in [0.15, 0.2) is 53.4 Å². The van der Waals surface area contributed by atoms with Gasteiger partial charge in [0.15, 0.2) is 10.8 Å². The van der Waals surface area contributed by atoms with E-state index in [1.54, 1.807) is 16.7 Å². The van der Waals surface area contributed by atoms with Gasteiger partial charge in [0.2, 0.25) is 5.91 Å². The van der Waals surface area contributed by atoms with Gasteiger partial charge >= 0.3 is 5.97 Å².